The highest BCUT2D eigenvalue weighted by molar-refractivity contribution is 5.95. The lowest BCUT2D eigenvalue weighted by Gasteiger charge is -2.37. The van der Waals surface area contributed by atoms with Crippen molar-refractivity contribution >= 4 is 11.6 Å². The predicted octanol–water partition coefficient (Wildman–Crippen LogP) is 2.71. The summed E-state index contributed by atoms with van der Waals surface area (Å²) < 4.78 is 0. The van der Waals surface area contributed by atoms with Gasteiger partial charge in [0.25, 0.3) is 5.91 Å². The summed E-state index contributed by atoms with van der Waals surface area (Å²) in [6, 6.07) is 27.2. The number of carbonyl (C=O) groups is 1. The number of aryl methyl sites for hydroxylation is 1. The van der Waals surface area contributed by atoms with E-state index in [-0.39, 0.29) is 11.9 Å². The van der Waals surface area contributed by atoms with E-state index < -0.39 is 0 Å². The molecule has 0 saturated carbocycles. The minimum Gasteiger partial charge on any atom is -0.398 e. The molecule has 3 N–H and O–H groups in total. The van der Waals surface area contributed by atoms with Crippen molar-refractivity contribution in [1.29, 1.82) is 0 Å². The molecule has 0 aromatic heterocycles. The molecule has 4 rings (SSSR count). The molecule has 0 bridgehead atoms. The number of rotatable bonds is 4. The molecule has 0 atom stereocenters. The van der Waals surface area contributed by atoms with Crippen molar-refractivity contribution < 1.29 is 9.69 Å². The molecule has 3 aromatic carbocycles. The maximum Gasteiger partial charge on any atom is 0.254 e. The molecule has 1 saturated heterocycles. The number of nitrogens with zero attached hydrogens (tertiary/aromatic N) is 1. The molecule has 3 aromatic rings. The van der Waals surface area contributed by atoms with E-state index in [1.165, 1.54) is 16.0 Å². The Morgan fingerprint density at radius 3 is 1.97 bits per heavy atom. The Hall–Kier alpha value is -3.11. The van der Waals surface area contributed by atoms with Crippen LogP contribution in [0.5, 0.6) is 0 Å². The van der Waals surface area contributed by atoms with Gasteiger partial charge in [-0.25, -0.2) is 0 Å². The summed E-state index contributed by atoms with van der Waals surface area (Å²) in [6.45, 7) is 5.29. The van der Waals surface area contributed by atoms with Crippen LogP contribution in [0, 0.1) is 6.92 Å². The SMILES string of the molecule is Cc1ccc(C(=O)N2CC[NH+](C(c3ccccc3)c3ccccc3)CC2)cc1N. The van der Waals surface area contributed by atoms with E-state index in [0.717, 1.165) is 31.7 Å². The number of nitrogens with two attached hydrogens (primary N) is 1. The van der Waals surface area contributed by atoms with Crippen LogP contribution in [-0.4, -0.2) is 37.0 Å². The highest BCUT2D eigenvalue weighted by Crippen LogP contribution is 2.20. The molecule has 0 unspecified atom stereocenters. The molecule has 1 amide bonds. The number of benzene rings is 3. The Morgan fingerprint density at radius 2 is 1.45 bits per heavy atom. The van der Waals surface area contributed by atoms with Gasteiger partial charge in [0, 0.05) is 22.4 Å². The van der Waals surface area contributed by atoms with Crippen molar-refractivity contribution in [2.75, 3.05) is 31.9 Å². The Kier molecular flexibility index (Phi) is 5.63. The summed E-state index contributed by atoms with van der Waals surface area (Å²) in [5.74, 6) is 0.0757. The molecule has 0 spiro atoms. The van der Waals surface area contributed by atoms with Gasteiger partial charge in [-0.1, -0.05) is 66.7 Å². The monoisotopic (exact) mass is 386 g/mol. The number of anilines is 1. The van der Waals surface area contributed by atoms with Gasteiger partial charge in [0.2, 0.25) is 0 Å². The minimum absolute atomic E-state index is 0.0757. The second-order valence-electron chi connectivity index (χ2n) is 7.78. The highest BCUT2D eigenvalue weighted by Gasteiger charge is 2.31. The van der Waals surface area contributed by atoms with Crippen molar-refractivity contribution in [2.24, 2.45) is 0 Å². The molecule has 29 heavy (non-hydrogen) atoms. The Labute approximate surface area is 172 Å². The molecule has 1 heterocycles. The fourth-order valence-corrected chi connectivity index (χ4v) is 4.20. The molecule has 1 fully saturated rings. The van der Waals surface area contributed by atoms with E-state index in [4.69, 9.17) is 5.73 Å². The molecular weight excluding hydrogens is 358 g/mol. The van der Waals surface area contributed by atoms with Crippen LogP contribution < -0.4 is 10.6 Å². The standard InChI is InChI=1S/C25H27N3O/c1-19-12-13-22(18-23(19)26)25(29)28-16-14-27(15-17-28)24(20-8-4-2-5-9-20)21-10-6-3-7-11-21/h2-13,18,24H,14-17,26H2,1H3/p+1. The van der Waals surface area contributed by atoms with E-state index in [2.05, 4.69) is 60.7 Å². The van der Waals surface area contributed by atoms with Crippen molar-refractivity contribution in [2.45, 2.75) is 13.0 Å². The first-order valence-corrected chi connectivity index (χ1v) is 10.2. The topological polar surface area (TPSA) is 50.8 Å². The molecular formula is C25H28N3O+. The third-order valence-electron chi connectivity index (χ3n) is 5.89. The predicted molar refractivity (Wildman–Crippen MR) is 117 cm³/mol. The largest absolute Gasteiger partial charge is 0.398 e. The molecule has 4 heteroatoms. The van der Waals surface area contributed by atoms with E-state index in [1.807, 2.05) is 24.0 Å². The van der Waals surface area contributed by atoms with Gasteiger partial charge in [-0.3, -0.25) is 4.79 Å². The number of piperazine rings is 1. The number of carbonyl (C=O) groups excluding carboxylic acids is 1. The Bertz CT molecular complexity index is 924. The Balaban J connectivity index is 1.51. The van der Waals surface area contributed by atoms with Crippen LogP contribution in [0.25, 0.3) is 0 Å². The maximum absolute atomic E-state index is 12.9. The van der Waals surface area contributed by atoms with Gasteiger partial charge in [-0.05, 0) is 24.6 Å². The zero-order valence-corrected chi connectivity index (χ0v) is 16.8. The van der Waals surface area contributed by atoms with Crippen LogP contribution in [0.3, 0.4) is 0 Å². The van der Waals surface area contributed by atoms with E-state index in [0.29, 0.717) is 11.3 Å². The van der Waals surface area contributed by atoms with Crippen LogP contribution in [0.4, 0.5) is 5.69 Å². The average molecular weight is 387 g/mol. The van der Waals surface area contributed by atoms with E-state index >= 15 is 0 Å². The summed E-state index contributed by atoms with van der Waals surface area (Å²) >= 11 is 0. The van der Waals surface area contributed by atoms with Crippen LogP contribution in [-0.2, 0) is 0 Å². The summed E-state index contributed by atoms with van der Waals surface area (Å²) in [7, 11) is 0. The lowest BCUT2D eigenvalue weighted by molar-refractivity contribution is -0.929. The number of nitrogen functional groups attached to an aromatic ring is 1. The average Bonchev–Trinajstić information content (AvgIpc) is 2.77. The lowest BCUT2D eigenvalue weighted by atomic mass is 9.96. The van der Waals surface area contributed by atoms with Gasteiger partial charge in [0.15, 0.2) is 0 Å². The van der Waals surface area contributed by atoms with Gasteiger partial charge >= 0.3 is 0 Å². The third kappa shape index (κ3) is 4.17. The normalized spacial score (nSPS) is 14.9. The molecule has 0 radical (unpaired) electrons. The number of quaternary nitrogens is 1. The lowest BCUT2D eigenvalue weighted by Crippen LogP contribution is -3.15. The fourth-order valence-electron chi connectivity index (χ4n) is 4.20. The fraction of sp³-hybridized carbons (Fsp3) is 0.240. The first-order valence-electron chi connectivity index (χ1n) is 10.2. The Morgan fingerprint density at radius 1 is 0.897 bits per heavy atom. The summed E-state index contributed by atoms with van der Waals surface area (Å²) in [5, 5.41) is 0. The van der Waals surface area contributed by atoms with E-state index in [9.17, 15) is 4.79 Å². The van der Waals surface area contributed by atoms with Crippen LogP contribution in [0.15, 0.2) is 78.9 Å². The van der Waals surface area contributed by atoms with Gasteiger partial charge < -0.3 is 15.5 Å². The van der Waals surface area contributed by atoms with Crippen LogP contribution >= 0.6 is 0 Å². The number of nitrogens with one attached hydrogen (secondary N) is 1. The first kappa shape index (κ1) is 19.2. The summed E-state index contributed by atoms with van der Waals surface area (Å²) in [6.07, 6.45) is 0. The van der Waals surface area contributed by atoms with Gasteiger partial charge in [-0.15, -0.1) is 0 Å². The number of amides is 1. The molecule has 148 valence electrons. The third-order valence-corrected chi connectivity index (χ3v) is 5.89. The van der Waals surface area contributed by atoms with Gasteiger partial charge in [0.1, 0.15) is 6.04 Å². The molecule has 4 nitrogen and oxygen atoms in total. The summed E-state index contributed by atoms with van der Waals surface area (Å²) in [4.78, 5) is 16.4. The number of hydrogen-bond acceptors (Lipinski definition) is 2. The molecule has 1 aliphatic heterocycles. The zero-order chi connectivity index (χ0) is 20.2. The van der Waals surface area contributed by atoms with Crippen molar-refractivity contribution in [3.8, 4) is 0 Å². The second-order valence-corrected chi connectivity index (χ2v) is 7.78. The first-order chi connectivity index (χ1) is 14.1. The maximum atomic E-state index is 12.9. The second kappa shape index (κ2) is 8.50. The van der Waals surface area contributed by atoms with Crippen molar-refractivity contribution in [3.63, 3.8) is 0 Å². The number of hydrogen-bond donors (Lipinski definition) is 2. The molecule has 0 aliphatic carbocycles. The highest BCUT2D eigenvalue weighted by atomic mass is 16.2. The van der Waals surface area contributed by atoms with Gasteiger partial charge in [-0.2, -0.15) is 0 Å². The van der Waals surface area contributed by atoms with Crippen molar-refractivity contribution in [1.82, 2.24) is 4.90 Å². The van der Waals surface area contributed by atoms with Crippen LogP contribution in [0.1, 0.15) is 33.1 Å². The summed E-state index contributed by atoms with van der Waals surface area (Å²) in [5.41, 5.74) is 11.0. The smallest absolute Gasteiger partial charge is 0.254 e. The van der Waals surface area contributed by atoms with E-state index in [1.54, 1.807) is 6.07 Å². The minimum atomic E-state index is 0.0757. The van der Waals surface area contributed by atoms with Gasteiger partial charge in [0.05, 0.1) is 26.2 Å². The van der Waals surface area contributed by atoms with Crippen LogP contribution in [0.2, 0.25) is 0 Å². The quantitative estimate of drug-likeness (QED) is 0.678. The van der Waals surface area contributed by atoms with Crippen molar-refractivity contribution in [3.05, 3.63) is 101 Å². The zero-order valence-electron chi connectivity index (χ0n) is 16.8. The molecule has 1 aliphatic rings.